The van der Waals surface area contributed by atoms with Crippen molar-refractivity contribution in [2.75, 3.05) is 20.4 Å². The maximum absolute atomic E-state index is 12.2. The van der Waals surface area contributed by atoms with Gasteiger partial charge in [-0.15, -0.1) is 0 Å². The Morgan fingerprint density at radius 3 is 2.74 bits per heavy atom. The molecule has 2 aromatic rings. The number of ether oxygens (including phenoxy) is 4. The highest BCUT2D eigenvalue weighted by atomic mass is 16.7. The Hall–Kier alpha value is -3.16. The van der Waals surface area contributed by atoms with Gasteiger partial charge in [-0.05, 0) is 32.0 Å². The number of aryl methyl sites for hydroxylation is 1. The molecule has 0 spiro atoms. The summed E-state index contributed by atoms with van der Waals surface area (Å²) < 4.78 is 22.8. The zero-order valence-electron chi connectivity index (χ0n) is 15.5. The summed E-state index contributed by atoms with van der Waals surface area (Å²) in [6.07, 6.45) is -0.695. The lowest BCUT2D eigenvalue weighted by molar-refractivity contribution is -0.127. The standard InChI is InChI=1S/C19H22N2O6/c1-12-8-15(24-3)10-18(22)21(12)7-6-20-19(23)13(2)27-14-4-5-16-17(9-14)26-11-25-16/h4-5,8-10,13H,6-7,11H2,1-3H3,(H,20,23). The molecule has 0 saturated heterocycles. The Morgan fingerprint density at radius 1 is 1.22 bits per heavy atom. The number of rotatable bonds is 7. The lowest BCUT2D eigenvalue weighted by Crippen LogP contribution is -2.39. The van der Waals surface area contributed by atoms with E-state index in [1.54, 1.807) is 35.8 Å². The first-order valence-electron chi connectivity index (χ1n) is 8.57. The molecule has 1 amide bonds. The number of hydrogen-bond acceptors (Lipinski definition) is 6. The first-order valence-corrected chi connectivity index (χ1v) is 8.57. The number of methoxy groups -OCH3 is 1. The molecule has 0 bridgehead atoms. The summed E-state index contributed by atoms with van der Waals surface area (Å²) in [6, 6.07) is 8.33. The number of pyridine rings is 1. The number of fused-ring (bicyclic) bond motifs is 1. The van der Waals surface area contributed by atoms with E-state index in [9.17, 15) is 9.59 Å². The van der Waals surface area contributed by atoms with Crippen LogP contribution in [-0.2, 0) is 11.3 Å². The molecule has 3 rings (SSSR count). The number of nitrogens with one attached hydrogen (secondary N) is 1. The Balaban J connectivity index is 1.53. The summed E-state index contributed by atoms with van der Waals surface area (Å²) in [4.78, 5) is 24.3. The zero-order chi connectivity index (χ0) is 19.4. The normalized spacial score (nSPS) is 13.1. The van der Waals surface area contributed by atoms with Gasteiger partial charge in [0.25, 0.3) is 11.5 Å². The van der Waals surface area contributed by atoms with Crippen molar-refractivity contribution < 1.29 is 23.7 Å². The summed E-state index contributed by atoms with van der Waals surface area (Å²) in [6.45, 7) is 4.32. The van der Waals surface area contributed by atoms with Gasteiger partial charge in [-0.25, -0.2) is 0 Å². The van der Waals surface area contributed by atoms with Gasteiger partial charge in [0.1, 0.15) is 11.5 Å². The van der Waals surface area contributed by atoms with Crippen molar-refractivity contribution in [3.63, 3.8) is 0 Å². The van der Waals surface area contributed by atoms with Gasteiger partial charge in [0, 0.05) is 30.9 Å². The van der Waals surface area contributed by atoms with Gasteiger partial charge < -0.3 is 28.8 Å². The molecule has 2 heterocycles. The monoisotopic (exact) mass is 374 g/mol. The molecule has 1 aliphatic rings. The van der Waals surface area contributed by atoms with Crippen LogP contribution in [-0.4, -0.2) is 37.0 Å². The van der Waals surface area contributed by atoms with Crippen LogP contribution < -0.4 is 29.8 Å². The van der Waals surface area contributed by atoms with Crippen LogP contribution in [0.4, 0.5) is 0 Å². The van der Waals surface area contributed by atoms with Gasteiger partial charge in [0.2, 0.25) is 6.79 Å². The van der Waals surface area contributed by atoms with E-state index in [0.29, 0.717) is 36.1 Å². The average molecular weight is 374 g/mol. The first kappa shape index (κ1) is 18.6. The number of amides is 1. The van der Waals surface area contributed by atoms with Gasteiger partial charge in [-0.1, -0.05) is 0 Å². The summed E-state index contributed by atoms with van der Waals surface area (Å²) in [5.41, 5.74) is 0.587. The van der Waals surface area contributed by atoms with E-state index in [2.05, 4.69) is 5.32 Å². The van der Waals surface area contributed by atoms with Crippen LogP contribution in [0.15, 0.2) is 35.1 Å². The molecule has 0 radical (unpaired) electrons. The van der Waals surface area contributed by atoms with E-state index in [-0.39, 0.29) is 18.3 Å². The van der Waals surface area contributed by atoms with E-state index in [4.69, 9.17) is 18.9 Å². The third-order valence-corrected chi connectivity index (χ3v) is 4.21. The molecule has 144 valence electrons. The molecule has 1 N–H and O–H groups in total. The predicted octanol–water partition coefficient (Wildman–Crippen LogP) is 1.48. The first-order chi connectivity index (χ1) is 13.0. The van der Waals surface area contributed by atoms with Crippen molar-refractivity contribution in [1.29, 1.82) is 0 Å². The van der Waals surface area contributed by atoms with E-state index < -0.39 is 6.10 Å². The summed E-state index contributed by atoms with van der Waals surface area (Å²) >= 11 is 0. The van der Waals surface area contributed by atoms with Gasteiger partial charge in [0.15, 0.2) is 17.6 Å². The minimum atomic E-state index is -0.695. The lowest BCUT2D eigenvalue weighted by atomic mass is 10.3. The highest BCUT2D eigenvalue weighted by Gasteiger charge is 2.18. The molecule has 1 atom stereocenters. The quantitative estimate of drug-likeness (QED) is 0.790. The highest BCUT2D eigenvalue weighted by Crippen LogP contribution is 2.35. The van der Waals surface area contributed by atoms with E-state index in [1.165, 1.54) is 13.2 Å². The van der Waals surface area contributed by atoms with Gasteiger partial charge in [-0.2, -0.15) is 0 Å². The highest BCUT2D eigenvalue weighted by molar-refractivity contribution is 5.80. The fourth-order valence-corrected chi connectivity index (χ4v) is 2.75. The summed E-state index contributed by atoms with van der Waals surface area (Å²) in [7, 11) is 1.51. The minimum Gasteiger partial charge on any atom is -0.496 e. The number of aromatic nitrogens is 1. The molecule has 1 unspecified atom stereocenters. The Kier molecular flexibility index (Phi) is 5.54. The molecule has 0 saturated carbocycles. The molecule has 8 heteroatoms. The SMILES string of the molecule is COc1cc(C)n(CCNC(=O)C(C)Oc2ccc3c(c2)OCO3)c(=O)c1. The smallest absolute Gasteiger partial charge is 0.260 e. The zero-order valence-corrected chi connectivity index (χ0v) is 15.5. The number of nitrogens with zero attached hydrogens (tertiary/aromatic N) is 1. The number of hydrogen-bond donors (Lipinski definition) is 1. The fraction of sp³-hybridized carbons (Fsp3) is 0.368. The van der Waals surface area contributed by atoms with Crippen LogP contribution in [0.2, 0.25) is 0 Å². The number of carbonyl (C=O) groups excluding carboxylic acids is 1. The van der Waals surface area contributed by atoms with Crippen molar-refractivity contribution in [3.8, 4) is 23.0 Å². The minimum absolute atomic E-state index is 0.175. The molecular formula is C19H22N2O6. The van der Waals surface area contributed by atoms with Crippen LogP contribution in [0, 0.1) is 6.92 Å². The Labute approximate surface area is 156 Å². The second-order valence-corrected chi connectivity index (χ2v) is 6.09. The number of carbonyl (C=O) groups is 1. The van der Waals surface area contributed by atoms with Crippen molar-refractivity contribution in [1.82, 2.24) is 9.88 Å². The average Bonchev–Trinajstić information content (AvgIpc) is 3.11. The summed E-state index contributed by atoms with van der Waals surface area (Å²) in [5, 5.41) is 2.78. The van der Waals surface area contributed by atoms with Crippen molar-refractivity contribution in [3.05, 3.63) is 46.4 Å². The largest absolute Gasteiger partial charge is 0.496 e. The van der Waals surface area contributed by atoms with Crippen LogP contribution in [0.1, 0.15) is 12.6 Å². The van der Waals surface area contributed by atoms with Crippen molar-refractivity contribution in [2.24, 2.45) is 0 Å². The Morgan fingerprint density at radius 2 is 2.00 bits per heavy atom. The second kappa shape index (κ2) is 8.03. The molecule has 0 aliphatic carbocycles. The molecule has 8 nitrogen and oxygen atoms in total. The van der Waals surface area contributed by atoms with Gasteiger partial charge in [-0.3, -0.25) is 9.59 Å². The van der Waals surface area contributed by atoms with Gasteiger partial charge in [0.05, 0.1) is 7.11 Å². The Bertz CT molecular complexity index is 892. The van der Waals surface area contributed by atoms with E-state index >= 15 is 0 Å². The molecular weight excluding hydrogens is 352 g/mol. The summed E-state index contributed by atoms with van der Waals surface area (Å²) in [5.74, 6) is 2.01. The van der Waals surface area contributed by atoms with Crippen molar-refractivity contribution in [2.45, 2.75) is 26.5 Å². The van der Waals surface area contributed by atoms with Crippen molar-refractivity contribution >= 4 is 5.91 Å². The van der Waals surface area contributed by atoms with Crippen LogP contribution in [0.5, 0.6) is 23.0 Å². The molecule has 1 aliphatic heterocycles. The van der Waals surface area contributed by atoms with Crippen LogP contribution in [0.3, 0.4) is 0 Å². The third-order valence-electron chi connectivity index (χ3n) is 4.21. The molecule has 1 aromatic carbocycles. The van der Waals surface area contributed by atoms with Gasteiger partial charge >= 0.3 is 0 Å². The van der Waals surface area contributed by atoms with Crippen LogP contribution in [0.25, 0.3) is 0 Å². The molecule has 1 aromatic heterocycles. The molecule has 0 fully saturated rings. The maximum atomic E-state index is 12.2. The molecule has 27 heavy (non-hydrogen) atoms. The fourth-order valence-electron chi connectivity index (χ4n) is 2.75. The third kappa shape index (κ3) is 4.33. The predicted molar refractivity (Wildman–Crippen MR) is 97.7 cm³/mol. The number of benzene rings is 1. The van der Waals surface area contributed by atoms with E-state index in [0.717, 1.165) is 5.69 Å². The van der Waals surface area contributed by atoms with Crippen LogP contribution >= 0.6 is 0 Å². The topological polar surface area (TPSA) is 88.0 Å². The second-order valence-electron chi connectivity index (χ2n) is 6.09. The van der Waals surface area contributed by atoms with E-state index in [1.807, 2.05) is 6.92 Å². The maximum Gasteiger partial charge on any atom is 0.260 e. The lowest BCUT2D eigenvalue weighted by Gasteiger charge is -2.16.